The average Bonchev–Trinajstić information content (AvgIpc) is 1.69. The van der Waals surface area contributed by atoms with Crippen LogP contribution in [0.3, 0.4) is 0 Å². The molecule has 0 radical (unpaired) electrons. The summed E-state index contributed by atoms with van der Waals surface area (Å²) >= 11 is 2.21. The molecule has 0 atom stereocenters. The molecule has 0 aromatic rings. The minimum absolute atomic E-state index is 1.10. The summed E-state index contributed by atoms with van der Waals surface area (Å²) in [5.74, 6) is 0. The summed E-state index contributed by atoms with van der Waals surface area (Å²) in [5.41, 5.74) is 0. The molecule has 0 aromatic heterocycles. The molecule has 0 N–H and O–H groups in total. The van der Waals surface area contributed by atoms with Crippen molar-refractivity contribution in [2.45, 2.75) is 12.8 Å². The van der Waals surface area contributed by atoms with Crippen LogP contribution in [-0.2, 0) is 0 Å². The Bertz CT molecular complexity index is 64.6. The highest BCUT2D eigenvalue weighted by molar-refractivity contribution is 14.1. The largest absolute Gasteiger partial charge is 0.103 e. The molecule has 0 spiro atoms. The molecular weight excluding hydrogens is 199 g/mol. The Hall–Kier alpha value is 0.210. The van der Waals surface area contributed by atoms with E-state index in [1.807, 2.05) is 10.2 Å². The second-order valence-electron chi connectivity index (χ2n) is 1.23. The van der Waals surface area contributed by atoms with Gasteiger partial charge in [0.05, 0.1) is 0 Å². The lowest BCUT2D eigenvalue weighted by Crippen LogP contribution is -1.57. The van der Waals surface area contributed by atoms with E-state index in [0.717, 1.165) is 12.8 Å². The van der Waals surface area contributed by atoms with Crippen LogP contribution in [0.15, 0.2) is 22.8 Å². The van der Waals surface area contributed by atoms with Gasteiger partial charge in [-0.15, -0.1) is 6.58 Å². The highest BCUT2D eigenvalue weighted by Gasteiger charge is 1.69. The van der Waals surface area contributed by atoms with Crippen LogP contribution in [0.5, 0.6) is 0 Å². The number of halogens is 1. The van der Waals surface area contributed by atoms with E-state index >= 15 is 0 Å². The average molecular weight is 208 g/mol. The van der Waals surface area contributed by atoms with Crippen molar-refractivity contribution < 1.29 is 0 Å². The van der Waals surface area contributed by atoms with Crippen LogP contribution < -0.4 is 0 Å². The molecule has 7 heavy (non-hydrogen) atoms. The normalized spacial score (nSPS) is 9.86. The maximum Gasteiger partial charge on any atom is -0.0274 e. The lowest BCUT2D eigenvalue weighted by Gasteiger charge is -1.78. The Balaban J connectivity index is 2.82. The molecule has 0 aromatic carbocycles. The summed E-state index contributed by atoms with van der Waals surface area (Å²) in [6.07, 6.45) is 6.28. The van der Waals surface area contributed by atoms with Crippen molar-refractivity contribution in [2.75, 3.05) is 0 Å². The number of rotatable bonds is 3. The SMILES string of the molecule is C=CCC/C=C\I. The van der Waals surface area contributed by atoms with E-state index in [1.54, 1.807) is 0 Å². The number of hydrogen-bond acceptors (Lipinski definition) is 0. The highest BCUT2D eigenvalue weighted by Crippen LogP contribution is 1.93. The Morgan fingerprint density at radius 1 is 1.43 bits per heavy atom. The molecule has 0 aliphatic carbocycles. The Morgan fingerprint density at radius 2 is 2.14 bits per heavy atom. The van der Waals surface area contributed by atoms with Crippen LogP contribution in [0.1, 0.15) is 12.8 Å². The van der Waals surface area contributed by atoms with Gasteiger partial charge in [0.1, 0.15) is 0 Å². The van der Waals surface area contributed by atoms with E-state index in [4.69, 9.17) is 0 Å². The molecule has 0 unspecified atom stereocenters. The van der Waals surface area contributed by atoms with Crippen LogP contribution in [0.25, 0.3) is 0 Å². The molecule has 0 bridgehead atoms. The fourth-order valence-corrected chi connectivity index (χ4v) is 0.637. The van der Waals surface area contributed by atoms with Gasteiger partial charge in [-0.3, -0.25) is 0 Å². The number of hydrogen-bond donors (Lipinski definition) is 0. The standard InChI is InChI=1S/C6H9I/c1-2-3-4-5-6-7/h2,5-6H,1,3-4H2/b6-5-. The molecular formula is C6H9I. The van der Waals surface area contributed by atoms with Gasteiger partial charge in [-0.1, -0.05) is 34.7 Å². The van der Waals surface area contributed by atoms with Gasteiger partial charge in [0.15, 0.2) is 0 Å². The Labute approximate surface area is 58.4 Å². The summed E-state index contributed by atoms with van der Waals surface area (Å²) in [6, 6.07) is 0. The first-order valence-electron chi connectivity index (χ1n) is 2.28. The van der Waals surface area contributed by atoms with Crippen molar-refractivity contribution in [1.29, 1.82) is 0 Å². The summed E-state index contributed by atoms with van der Waals surface area (Å²) in [4.78, 5) is 0. The fraction of sp³-hybridized carbons (Fsp3) is 0.333. The third kappa shape index (κ3) is 6.21. The second kappa shape index (κ2) is 6.21. The van der Waals surface area contributed by atoms with E-state index in [-0.39, 0.29) is 0 Å². The second-order valence-corrected chi connectivity index (χ2v) is 1.95. The molecule has 0 aliphatic rings. The zero-order chi connectivity index (χ0) is 5.54. The minimum atomic E-state index is 1.10. The molecule has 0 saturated heterocycles. The lowest BCUT2D eigenvalue weighted by molar-refractivity contribution is 1.06. The third-order valence-electron chi connectivity index (χ3n) is 0.627. The van der Waals surface area contributed by atoms with Crippen molar-refractivity contribution in [1.82, 2.24) is 0 Å². The van der Waals surface area contributed by atoms with Crippen LogP contribution in [0.2, 0.25) is 0 Å². The van der Waals surface area contributed by atoms with Gasteiger partial charge >= 0.3 is 0 Å². The van der Waals surface area contributed by atoms with Gasteiger partial charge in [0.2, 0.25) is 0 Å². The number of allylic oxidation sites excluding steroid dienone is 2. The molecule has 0 rings (SSSR count). The molecule has 0 fully saturated rings. The summed E-state index contributed by atoms with van der Waals surface area (Å²) in [7, 11) is 0. The molecule has 0 nitrogen and oxygen atoms in total. The van der Waals surface area contributed by atoms with Gasteiger partial charge in [0.25, 0.3) is 0 Å². The van der Waals surface area contributed by atoms with Crippen molar-refractivity contribution in [3.05, 3.63) is 22.8 Å². The topological polar surface area (TPSA) is 0 Å². The molecule has 0 saturated carbocycles. The van der Waals surface area contributed by atoms with Crippen molar-refractivity contribution in [3.63, 3.8) is 0 Å². The Morgan fingerprint density at radius 3 is 2.57 bits per heavy atom. The zero-order valence-electron chi connectivity index (χ0n) is 4.23. The maximum absolute atomic E-state index is 3.60. The fourth-order valence-electron chi connectivity index (χ4n) is 0.277. The van der Waals surface area contributed by atoms with Crippen LogP contribution in [0.4, 0.5) is 0 Å². The first kappa shape index (κ1) is 7.21. The van der Waals surface area contributed by atoms with E-state index in [1.165, 1.54) is 0 Å². The van der Waals surface area contributed by atoms with Gasteiger partial charge in [-0.25, -0.2) is 0 Å². The first-order valence-corrected chi connectivity index (χ1v) is 3.52. The van der Waals surface area contributed by atoms with E-state index in [2.05, 4.69) is 35.2 Å². The minimum Gasteiger partial charge on any atom is -0.103 e. The summed E-state index contributed by atoms with van der Waals surface area (Å²) < 4.78 is 2.03. The highest BCUT2D eigenvalue weighted by atomic mass is 127. The molecule has 40 valence electrons. The number of unbranched alkanes of at least 4 members (excludes halogenated alkanes) is 1. The van der Waals surface area contributed by atoms with Gasteiger partial charge in [-0.05, 0) is 16.9 Å². The lowest BCUT2D eigenvalue weighted by atomic mass is 10.3. The molecule has 0 heterocycles. The predicted octanol–water partition coefficient (Wildman–Crippen LogP) is 2.90. The predicted molar refractivity (Wildman–Crippen MR) is 42.6 cm³/mol. The van der Waals surface area contributed by atoms with Crippen LogP contribution >= 0.6 is 22.6 Å². The van der Waals surface area contributed by atoms with Gasteiger partial charge < -0.3 is 0 Å². The van der Waals surface area contributed by atoms with Crippen molar-refractivity contribution in [2.24, 2.45) is 0 Å². The van der Waals surface area contributed by atoms with Crippen LogP contribution in [0, 0.1) is 0 Å². The van der Waals surface area contributed by atoms with Crippen LogP contribution in [-0.4, -0.2) is 0 Å². The molecule has 0 amide bonds. The maximum atomic E-state index is 3.60. The van der Waals surface area contributed by atoms with E-state index in [9.17, 15) is 0 Å². The molecule has 0 aliphatic heterocycles. The van der Waals surface area contributed by atoms with Gasteiger partial charge in [0, 0.05) is 0 Å². The Kier molecular flexibility index (Phi) is 6.40. The van der Waals surface area contributed by atoms with E-state index < -0.39 is 0 Å². The molecule has 1 heteroatoms. The quantitative estimate of drug-likeness (QED) is 0.380. The van der Waals surface area contributed by atoms with Crippen molar-refractivity contribution in [3.8, 4) is 0 Å². The van der Waals surface area contributed by atoms with E-state index in [0.29, 0.717) is 0 Å². The van der Waals surface area contributed by atoms with Gasteiger partial charge in [-0.2, -0.15) is 0 Å². The smallest absolute Gasteiger partial charge is 0.0274 e. The van der Waals surface area contributed by atoms with Crippen molar-refractivity contribution >= 4 is 22.6 Å². The zero-order valence-corrected chi connectivity index (χ0v) is 6.39. The monoisotopic (exact) mass is 208 g/mol. The summed E-state index contributed by atoms with van der Waals surface area (Å²) in [6.45, 7) is 3.60. The first-order chi connectivity index (χ1) is 3.41. The summed E-state index contributed by atoms with van der Waals surface area (Å²) in [5, 5.41) is 0. The third-order valence-corrected chi connectivity index (χ3v) is 1.14.